The van der Waals surface area contributed by atoms with Crippen LogP contribution in [0.1, 0.15) is 17.5 Å². The Balaban J connectivity index is 1.63. The Morgan fingerprint density at radius 2 is 1.83 bits per heavy atom. The average molecular weight is 328 g/mol. The van der Waals surface area contributed by atoms with Gasteiger partial charge in [0, 0.05) is 17.7 Å². The van der Waals surface area contributed by atoms with Crippen LogP contribution in [-0.4, -0.2) is 21.2 Å². The topological polar surface area (TPSA) is 43.4 Å². The van der Waals surface area contributed by atoms with Gasteiger partial charge in [0.15, 0.2) is 0 Å². The van der Waals surface area contributed by atoms with Gasteiger partial charge < -0.3 is 0 Å². The predicted octanol–water partition coefficient (Wildman–Crippen LogP) is 3.42. The molecule has 2 aromatic carbocycles. The van der Waals surface area contributed by atoms with Gasteiger partial charge in [-0.05, 0) is 25.1 Å². The van der Waals surface area contributed by atoms with Crippen molar-refractivity contribution in [3.63, 3.8) is 0 Å². The van der Waals surface area contributed by atoms with E-state index < -0.39 is 10.1 Å². The molecule has 0 aromatic heterocycles. The lowest BCUT2D eigenvalue weighted by Gasteiger charge is -2.46. The molecule has 0 N–H and O–H groups in total. The summed E-state index contributed by atoms with van der Waals surface area (Å²) in [5.74, 6) is 0. The van der Waals surface area contributed by atoms with E-state index in [4.69, 9.17) is 4.18 Å². The van der Waals surface area contributed by atoms with E-state index in [1.807, 2.05) is 43.5 Å². The third-order valence-corrected chi connectivity index (χ3v) is 6.04. The Morgan fingerprint density at radius 1 is 1.09 bits per heavy atom. The normalized spacial score (nSPS) is 25.3. The summed E-state index contributed by atoms with van der Waals surface area (Å²) in [7, 11) is -3.75. The Kier molecular flexibility index (Phi) is 3.20. The third-order valence-electron chi connectivity index (χ3n) is 4.71. The van der Waals surface area contributed by atoms with Gasteiger partial charge in [-0.25, -0.2) is 8.67 Å². The summed E-state index contributed by atoms with van der Waals surface area (Å²) in [5.41, 5.74) is 3.27. The molecule has 2 heterocycles. The predicted molar refractivity (Wildman–Crippen MR) is 90.0 cm³/mol. The average Bonchev–Trinajstić information content (AvgIpc) is 2.94. The van der Waals surface area contributed by atoms with Gasteiger partial charge in [0.25, 0.3) is 0 Å². The summed E-state index contributed by atoms with van der Waals surface area (Å²) in [6.45, 7) is 2.79. The van der Waals surface area contributed by atoms with E-state index in [9.17, 15) is 8.42 Å². The summed E-state index contributed by atoms with van der Waals surface area (Å²) in [6, 6.07) is 14.8. The minimum absolute atomic E-state index is 0.213. The number of hydrogen-bond acceptors (Lipinski definition) is 3. The fourth-order valence-corrected chi connectivity index (χ4v) is 4.41. The Labute approximate surface area is 136 Å². The van der Waals surface area contributed by atoms with Gasteiger partial charge in [-0.15, -0.1) is 0 Å². The minimum atomic E-state index is -3.75. The standard InChI is InChI=1S/C18H18NO3S/c1-14-6-8-16(9-7-14)23(20,21)22-18-11-13-19(18)12-10-15-4-2-3-5-17(15)19/h2-10,12,18H,11,13H2,1H3/q+1. The molecule has 2 aliphatic heterocycles. The number of para-hydroxylation sites is 1. The number of nitrogens with zero attached hydrogens (tertiary/aromatic N) is 1. The highest BCUT2D eigenvalue weighted by atomic mass is 32.2. The fourth-order valence-electron chi connectivity index (χ4n) is 3.29. The van der Waals surface area contributed by atoms with Crippen LogP contribution in [0.4, 0.5) is 5.69 Å². The van der Waals surface area contributed by atoms with E-state index in [1.165, 1.54) is 0 Å². The second kappa shape index (κ2) is 5.03. The summed E-state index contributed by atoms with van der Waals surface area (Å²) in [5, 5.41) is 0. The molecule has 2 atom stereocenters. The van der Waals surface area contributed by atoms with Crippen LogP contribution in [0.3, 0.4) is 0 Å². The fraction of sp³-hybridized carbons (Fsp3) is 0.222. The zero-order chi connectivity index (χ0) is 16.1. The Morgan fingerprint density at radius 3 is 2.52 bits per heavy atom. The first-order chi connectivity index (χ1) is 11.0. The zero-order valence-corrected chi connectivity index (χ0v) is 13.7. The summed E-state index contributed by atoms with van der Waals surface area (Å²) in [4.78, 5) is 0.213. The quantitative estimate of drug-likeness (QED) is 0.640. The van der Waals surface area contributed by atoms with Gasteiger partial charge in [0.05, 0.1) is 17.9 Å². The number of quaternary nitrogens is 1. The van der Waals surface area contributed by atoms with Crippen LogP contribution in [-0.2, 0) is 14.3 Å². The lowest BCUT2D eigenvalue weighted by molar-refractivity contribution is -0.00618. The monoisotopic (exact) mass is 328 g/mol. The molecule has 1 spiro atoms. The van der Waals surface area contributed by atoms with E-state index in [0.29, 0.717) is 4.48 Å². The molecule has 5 heteroatoms. The molecule has 0 aliphatic carbocycles. The first-order valence-corrected chi connectivity index (χ1v) is 9.08. The lowest BCUT2D eigenvalue weighted by atomic mass is 10.1. The minimum Gasteiger partial charge on any atom is -0.238 e. The SMILES string of the molecule is Cc1ccc(S(=O)(=O)OC2CC[N+]23C=Cc2ccccc23)cc1. The van der Waals surface area contributed by atoms with E-state index in [1.54, 1.807) is 24.3 Å². The Hall–Kier alpha value is -1.95. The Bertz CT molecular complexity index is 887. The molecule has 4 rings (SSSR count). The van der Waals surface area contributed by atoms with Crippen LogP contribution in [0.25, 0.3) is 6.08 Å². The van der Waals surface area contributed by atoms with Gasteiger partial charge in [0.2, 0.25) is 6.23 Å². The lowest BCUT2D eigenvalue weighted by Crippen LogP contribution is -2.63. The number of hydrogen-bond donors (Lipinski definition) is 0. The van der Waals surface area contributed by atoms with Crippen LogP contribution in [0.15, 0.2) is 59.6 Å². The van der Waals surface area contributed by atoms with E-state index >= 15 is 0 Å². The summed E-state index contributed by atoms with van der Waals surface area (Å²) >= 11 is 0. The molecule has 0 saturated carbocycles. The molecule has 0 bridgehead atoms. The maximum absolute atomic E-state index is 12.5. The van der Waals surface area contributed by atoms with Crippen molar-refractivity contribution >= 4 is 21.9 Å². The second-order valence-electron chi connectivity index (χ2n) is 6.14. The van der Waals surface area contributed by atoms with E-state index in [2.05, 4.69) is 0 Å². The second-order valence-corrected chi connectivity index (χ2v) is 7.71. The van der Waals surface area contributed by atoms with Crippen molar-refractivity contribution in [2.75, 3.05) is 6.54 Å². The van der Waals surface area contributed by atoms with Crippen molar-refractivity contribution in [1.82, 2.24) is 4.48 Å². The third kappa shape index (κ3) is 2.24. The number of benzene rings is 2. The van der Waals surface area contributed by atoms with Gasteiger partial charge >= 0.3 is 10.1 Å². The van der Waals surface area contributed by atoms with Crippen molar-refractivity contribution in [2.24, 2.45) is 0 Å². The smallest absolute Gasteiger partial charge is 0.238 e. The van der Waals surface area contributed by atoms with Crippen molar-refractivity contribution in [1.29, 1.82) is 0 Å². The number of fused-ring (bicyclic) bond motifs is 2. The molecule has 2 aliphatic rings. The van der Waals surface area contributed by atoms with Crippen molar-refractivity contribution in [3.05, 3.63) is 65.9 Å². The maximum Gasteiger partial charge on any atom is 0.301 e. The molecule has 2 unspecified atom stereocenters. The highest BCUT2D eigenvalue weighted by molar-refractivity contribution is 7.86. The molecule has 2 aromatic rings. The highest BCUT2D eigenvalue weighted by Crippen LogP contribution is 2.45. The number of rotatable bonds is 3. The van der Waals surface area contributed by atoms with E-state index in [-0.39, 0.29) is 11.1 Å². The van der Waals surface area contributed by atoms with Crippen LogP contribution in [0, 0.1) is 6.92 Å². The van der Waals surface area contributed by atoms with Gasteiger partial charge in [-0.3, -0.25) is 0 Å². The van der Waals surface area contributed by atoms with Crippen LogP contribution < -0.4 is 4.48 Å². The maximum atomic E-state index is 12.5. The molecule has 1 fully saturated rings. The summed E-state index contributed by atoms with van der Waals surface area (Å²) in [6.07, 6.45) is 4.43. The van der Waals surface area contributed by atoms with Gasteiger partial charge in [0.1, 0.15) is 11.9 Å². The molecule has 0 radical (unpaired) electrons. The van der Waals surface area contributed by atoms with Crippen LogP contribution in [0.2, 0.25) is 0 Å². The number of aryl methyl sites for hydroxylation is 1. The van der Waals surface area contributed by atoms with Crippen molar-refractivity contribution in [2.45, 2.75) is 24.5 Å². The summed E-state index contributed by atoms with van der Waals surface area (Å²) < 4.78 is 31.1. The highest BCUT2D eigenvalue weighted by Gasteiger charge is 2.53. The van der Waals surface area contributed by atoms with Crippen molar-refractivity contribution < 1.29 is 12.6 Å². The van der Waals surface area contributed by atoms with Crippen molar-refractivity contribution in [3.8, 4) is 0 Å². The molecule has 4 nitrogen and oxygen atoms in total. The zero-order valence-electron chi connectivity index (χ0n) is 12.8. The molecule has 118 valence electrons. The molecular formula is C18H18NO3S+. The van der Waals surface area contributed by atoms with Gasteiger partial charge in [-0.1, -0.05) is 29.8 Å². The molecule has 0 amide bonds. The molecular weight excluding hydrogens is 310 g/mol. The first kappa shape index (κ1) is 14.6. The van der Waals surface area contributed by atoms with Crippen LogP contribution >= 0.6 is 0 Å². The largest absolute Gasteiger partial charge is 0.301 e. The molecule has 1 saturated heterocycles. The van der Waals surface area contributed by atoms with Crippen LogP contribution in [0.5, 0.6) is 0 Å². The van der Waals surface area contributed by atoms with E-state index in [0.717, 1.165) is 29.8 Å². The van der Waals surface area contributed by atoms with Gasteiger partial charge in [-0.2, -0.15) is 8.42 Å². The first-order valence-electron chi connectivity index (χ1n) is 7.68. The molecule has 23 heavy (non-hydrogen) atoms.